The highest BCUT2D eigenvalue weighted by molar-refractivity contribution is 5.95. The number of fused-ring (bicyclic) bond motifs is 1. The molecule has 0 fully saturated rings. The number of methoxy groups -OCH3 is 1. The van der Waals surface area contributed by atoms with Gasteiger partial charge in [0.1, 0.15) is 5.58 Å². The summed E-state index contributed by atoms with van der Waals surface area (Å²) in [6.45, 7) is 0. The molecule has 0 N–H and O–H groups in total. The molecule has 0 aliphatic carbocycles. The topological polar surface area (TPSA) is 56.5 Å². The molecule has 4 nitrogen and oxygen atoms in total. The van der Waals surface area contributed by atoms with Gasteiger partial charge >= 0.3 is 5.97 Å². The Hall–Kier alpha value is -2.10. The number of esters is 1. The summed E-state index contributed by atoms with van der Waals surface area (Å²) < 4.78 is 9.74. The van der Waals surface area contributed by atoms with Crippen LogP contribution in [0.2, 0.25) is 0 Å². The van der Waals surface area contributed by atoms with Crippen LogP contribution >= 0.6 is 0 Å². The minimum atomic E-state index is -0.411. The van der Waals surface area contributed by atoms with Crippen molar-refractivity contribution in [1.29, 1.82) is 0 Å². The third kappa shape index (κ3) is 1.61. The SMILES string of the molecule is COC(=O)c1ccc2oc(C=O)cc2c1. The number of rotatable bonds is 2. The molecule has 1 heterocycles. The second-order valence-electron chi connectivity index (χ2n) is 3.01. The number of furan rings is 1. The molecule has 1 aromatic heterocycles. The average Bonchev–Trinajstić information content (AvgIpc) is 2.69. The molecule has 0 spiro atoms. The van der Waals surface area contributed by atoms with Crippen molar-refractivity contribution in [1.82, 2.24) is 0 Å². The minimum Gasteiger partial charge on any atom is -0.465 e. The molecule has 4 heteroatoms. The molecule has 0 saturated carbocycles. The quantitative estimate of drug-likeness (QED) is 0.554. The predicted octanol–water partition coefficient (Wildman–Crippen LogP) is 2.03. The van der Waals surface area contributed by atoms with Crippen molar-refractivity contribution in [3.05, 3.63) is 35.6 Å². The minimum absolute atomic E-state index is 0.243. The van der Waals surface area contributed by atoms with Crippen molar-refractivity contribution in [3.63, 3.8) is 0 Å². The van der Waals surface area contributed by atoms with Gasteiger partial charge in [-0.15, -0.1) is 0 Å². The molecule has 0 saturated heterocycles. The number of benzene rings is 1. The fourth-order valence-electron chi connectivity index (χ4n) is 1.37. The van der Waals surface area contributed by atoms with Crippen LogP contribution in [0.1, 0.15) is 20.9 Å². The van der Waals surface area contributed by atoms with Gasteiger partial charge in [0.15, 0.2) is 12.0 Å². The van der Waals surface area contributed by atoms with Gasteiger partial charge in [-0.2, -0.15) is 0 Å². The molecule has 15 heavy (non-hydrogen) atoms. The summed E-state index contributed by atoms with van der Waals surface area (Å²) in [5.41, 5.74) is 1.01. The third-order valence-electron chi connectivity index (χ3n) is 2.07. The van der Waals surface area contributed by atoms with E-state index in [0.717, 1.165) is 0 Å². The highest BCUT2D eigenvalue weighted by atomic mass is 16.5. The van der Waals surface area contributed by atoms with Crippen LogP contribution in [-0.4, -0.2) is 19.4 Å². The van der Waals surface area contributed by atoms with E-state index in [1.807, 2.05) is 0 Å². The molecule has 1 aromatic carbocycles. The molecule has 76 valence electrons. The Balaban J connectivity index is 2.55. The fourth-order valence-corrected chi connectivity index (χ4v) is 1.37. The van der Waals surface area contributed by atoms with E-state index in [9.17, 15) is 9.59 Å². The van der Waals surface area contributed by atoms with Gasteiger partial charge in [-0.3, -0.25) is 4.79 Å². The van der Waals surface area contributed by atoms with E-state index in [2.05, 4.69) is 4.74 Å². The molecular formula is C11H8O4. The van der Waals surface area contributed by atoms with Gasteiger partial charge in [-0.05, 0) is 24.3 Å². The Bertz CT molecular complexity index is 524. The molecule has 0 amide bonds. The lowest BCUT2D eigenvalue weighted by molar-refractivity contribution is 0.0601. The largest absolute Gasteiger partial charge is 0.465 e. The van der Waals surface area contributed by atoms with Crippen molar-refractivity contribution >= 4 is 23.2 Å². The number of aldehydes is 1. The number of carbonyl (C=O) groups excluding carboxylic acids is 2. The van der Waals surface area contributed by atoms with Crippen LogP contribution in [0.15, 0.2) is 28.7 Å². The molecule has 2 aromatic rings. The third-order valence-corrected chi connectivity index (χ3v) is 2.07. The molecule has 0 radical (unpaired) electrons. The Morgan fingerprint density at radius 3 is 2.87 bits per heavy atom. The van der Waals surface area contributed by atoms with Crippen LogP contribution in [0.3, 0.4) is 0 Å². The normalized spacial score (nSPS) is 10.2. The summed E-state index contributed by atoms with van der Waals surface area (Å²) in [6, 6.07) is 6.42. The summed E-state index contributed by atoms with van der Waals surface area (Å²) in [5, 5.41) is 0.708. The first-order valence-corrected chi connectivity index (χ1v) is 4.31. The lowest BCUT2D eigenvalue weighted by atomic mass is 10.1. The smallest absolute Gasteiger partial charge is 0.337 e. The van der Waals surface area contributed by atoms with Crippen molar-refractivity contribution < 1.29 is 18.7 Å². The van der Waals surface area contributed by atoms with Crippen molar-refractivity contribution in [3.8, 4) is 0 Å². The highest BCUT2D eigenvalue weighted by Crippen LogP contribution is 2.20. The zero-order valence-electron chi connectivity index (χ0n) is 8.02. The lowest BCUT2D eigenvalue weighted by Crippen LogP contribution is -1.99. The van der Waals surface area contributed by atoms with Crippen molar-refractivity contribution in [2.24, 2.45) is 0 Å². The van der Waals surface area contributed by atoms with Gasteiger partial charge in [0.05, 0.1) is 12.7 Å². The number of carbonyl (C=O) groups is 2. The molecular weight excluding hydrogens is 196 g/mol. The van der Waals surface area contributed by atoms with E-state index < -0.39 is 5.97 Å². The first-order chi connectivity index (χ1) is 7.24. The predicted molar refractivity (Wildman–Crippen MR) is 52.9 cm³/mol. The van der Waals surface area contributed by atoms with Gasteiger partial charge in [0.2, 0.25) is 0 Å². The van der Waals surface area contributed by atoms with E-state index in [4.69, 9.17) is 4.42 Å². The second kappa shape index (κ2) is 3.57. The summed E-state index contributed by atoms with van der Waals surface area (Å²) in [4.78, 5) is 21.7. The zero-order valence-corrected chi connectivity index (χ0v) is 8.02. The van der Waals surface area contributed by atoms with Gasteiger partial charge in [0.25, 0.3) is 0 Å². The summed E-state index contributed by atoms with van der Waals surface area (Å²) >= 11 is 0. The van der Waals surface area contributed by atoms with Crippen LogP contribution in [0.25, 0.3) is 11.0 Å². The van der Waals surface area contributed by atoms with Gasteiger partial charge in [-0.25, -0.2) is 4.79 Å². The number of ether oxygens (including phenoxy) is 1. The maximum atomic E-state index is 11.2. The lowest BCUT2D eigenvalue weighted by Gasteiger charge is -1.97. The number of hydrogen-bond acceptors (Lipinski definition) is 4. The van der Waals surface area contributed by atoms with Crippen LogP contribution in [0.5, 0.6) is 0 Å². The molecule has 0 unspecified atom stereocenters. The van der Waals surface area contributed by atoms with Gasteiger partial charge in [0, 0.05) is 5.39 Å². The Morgan fingerprint density at radius 1 is 1.40 bits per heavy atom. The van der Waals surface area contributed by atoms with E-state index in [0.29, 0.717) is 22.8 Å². The zero-order chi connectivity index (χ0) is 10.8. The average molecular weight is 204 g/mol. The summed E-state index contributed by atoms with van der Waals surface area (Å²) in [5.74, 6) is -0.169. The maximum Gasteiger partial charge on any atom is 0.337 e. The monoisotopic (exact) mass is 204 g/mol. The Labute approximate surface area is 85.4 Å². The Kier molecular flexibility index (Phi) is 2.25. The standard InChI is InChI=1S/C11H8O4/c1-14-11(13)7-2-3-10-8(4-7)5-9(6-12)15-10/h2-6H,1H3. The summed E-state index contributed by atoms with van der Waals surface area (Å²) in [7, 11) is 1.32. The van der Waals surface area contributed by atoms with E-state index in [1.54, 1.807) is 24.3 Å². The second-order valence-corrected chi connectivity index (χ2v) is 3.01. The molecule has 0 aliphatic heterocycles. The van der Waals surface area contributed by atoms with E-state index in [-0.39, 0.29) is 5.76 Å². The van der Waals surface area contributed by atoms with E-state index >= 15 is 0 Å². The van der Waals surface area contributed by atoms with Gasteiger partial charge < -0.3 is 9.15 Å². The fraction of sp³-hybridized carbons (Fsp3) is 0.0909. The van der Waals surface area contributed by atoms with Crippen LogP contribution < -0.4 is 0 Å². The first-order valence-electron chi connectivity index (χ1n) is 4.31. The molecule has 2 rings (SSSR count). The van der Waals surface area contributed by atoms with Crippen LogP contribution in [-0.2, 0) is 4.74 Å². The summed E-state index contributed by atoms with van der Waals surface area (Å²) in [6.07, 6.45) is 0.623. The number of hydrogen-bond donors (Lipinski definition) is 0. The molecule has 0 aliphatic rings. The van der Waals surface area contributed by atoms with Crippen molar-refractivity contribution in [2.45, 2.75) is 0 Å². The highest BCUT2D eigenvalue weighted by Gasteiger charge is 2.08. The van der Waals surface area contributed by atoms with Crippen LogP contribution in [0, 0.1) is 0 Å². The molecule has 0 bridgehead atoms. The van der Waals surface area contributed by atoms with Gasteiger partial charge in [-0.1, -0.05) is 0 Å². The van der Waals surface area contributed by atoms with Crippen LogP contribution in [0.4, 0.5) is 0 Å². The Morgan fingerprint density at radius 2 is 2.20 bits per heavy atom. The van der Waals surface area contributed by atoms with Crippen molar-refractivity contribution in [2.75, 3.05) is 7.11 Å². The molecule has 0 atom stereocenters. The van der Waals surface area contributed by atoms with E-state index in [1.165, 1.54) is 7.11 Å². The first kappa shape index (κ1) is 9.45. The maximum absolute atomic E-state index is 11.2.